The number of amides is 1. The van der Waals surface area contributed by atoms with Crippen LogP contribution < -0.4 is 15.7 Å². The molecule has 0 fully saturated rings. The van der Waals surface area contributed by atoms with Gasteiger partial charge >= 0.3 is 5.63 Å². The minimum absolute atomic E-state index is 0.0241. The lowest BCUT2D eigenvalue weighted by atomic mass is 10.1. The number of hydrogen-bond donors (Lipinski definition) is 2. The molecule has 31 heavy (non-hydrogen) atoms. The first-order valence-electron chi connectivity index (χ1n) is 9.57. The van der Waals surface area contributed by atoms with Gasteiger partial charge in [-0.05, 0) is 24.6 Å². The second-order valence-corrected chi connectivity index (χ2v) is 11.2. The Balaban J connectivity index is 1.91. The van der Waals surface area contributed by atoms with Gasteiger partial charge in [0.05, 0.1) is 28.6 Å². The average molecular weight is 468 g/mol. The molecule has 1 unspecified atom stereocenters. The molecule has 4 rings (SSSR count). The van der Waals surface area contributed by atoms with Crippen LogP contribution in [0.1, 0.15) is 48.3 Å². The third kappa shape index (κ3) is 3.39. The molecule has 1 atom stereocenters. The van der Waals surface area contributed by atoms with Crippen LogP contribution in [0.2, 0.25) is 0 Å². The number of sulfonamides is 1. The number of sulfone groups is 1. The number of nitrogens with zero attached hydrogens (tertiary/aromatic N) is 1. The van der Waals surface area contributed by atoms with Gasteiger partial charge in [-0.3, -0.25) is 9.52 Å². The van der Waals surface area contributed by atoms with Crippen molar-refractivity contribution >= 4 is 42.8 Å². The van der Waals surface area contributed by atoms with Crippen molar-refractivity contribution in [2.45, 2.75) is 42.0 Å². The number of anilines is 3. The van der Waals surface area contributed by atoms with Crippen molar-refractivity contribution in [3.63, 3.8) is 0 Å². The topological polar surface area (TPSA) is 143 Å². The fourth-order valence-electron chi connectivity index (χ4n) is 3.93. The van der Waals surface area contributed by atoms with E-state index in [2.05, 4.69) is 10.0 Å². The first kappa shape index (κ1) is 21.4. The SMILES string of the molecule is CCCCC1c2oc(=O)c3c(c2C(=O)N1C)Nc1ccc(NS(C)(=O)=O)cc1S3(=O)=O. The van der Waals surface area contributed by atoms with Crippen LogP contribution in [-0.4, -0.2) is 40.9 Å². The lowest BCUT2D eigenvalue weighted by molar-refractivity contribution is 0.0760. The number of carbonyl (C=O) groups is 1. The average Bonchev–Trinajstić information content (AvgIpc) is 2.89. The molecule has 10 nitrogen and oxygen atoms in total. The standard InChI is InChI=1S/C19H21N3O7S2/c1-4-5-6-12-16-14(18(23)22(12)2)15-17(19(24)29-16)31(27,28)13-9-10(21-30(3,25)26)7-8-11(13)20-15/h7-9,12,20-21H,4-6H2,1-3H3. The molecule has 2 aromatic rings. The first-order valence-corrected chi connectivity index (χ1v) is 12.9. The maximum atomic E-state index is 13.3. The van der Waals surface area contributed by atoms with Crippen molar-refractivity contribution in [3.8, 4) is 0 Å². The molecule has 0 bridgehead atoms. The van der Waals surface area contributed by atoms with E-state index in [4.69, 9.17) is 4.42 Å². The van der Waals surface area contributed by atoms with Gasteiger partial charge in [-0.15, -0.1) is 0 Å². The van der Waals surface area contributed by atoms with Gasteiger partial charge in [0.1, 0.15) is 11.3 Å². The van der Waals surface area contributed by atoms with Crippen molar-refractivity contribution in [3.05, 3.63) is 39.9 Å². The van der Waals surface area contributed by atoms with Gasteiger partial charge in [0.15, 0.2) is 4.90 Å². The molecule has 0 aliphatic carbocycles. The van der Waals surface area contributed by atoms with Crippen LogP contribution in [0.15, 0.2) is 37.2 Å². The van der Waals surface area contributed by atoms with Crippen LogP contribution in [0.4, 0.5) is 17.1 Å². The monoisotopic (exact) mass is 467 g/mol. The molecular weight excluding hydrogens is 446 g/mol. The Bertz CT molecular complexity index is 1380. The lowest BCUT2D eigenvalue weighted by Gasteiger charge is -2.22. The van der Waals surface area contributed by atoms with E-state index in [-0.39, 0.29) is 33.3 Å². The highest BCUT2D eigenvalue weighted by molar-refractivity contribution is 7.92. The number of fused-ring (bicyclic) bond motifs is 4. The van der Waals surface area contributed by atoms with Gasteiger partial charge < -0.3 is 14.6 Å². The maximum absolute atomic E-state index is 13.3. The number of rotatable bonds is 5. The smallest absolute Gasteiger partial charge is 0.357 e. The van der Waals surface area contributed by atoms with E-state index in [9.17, 15) is 26.4 Å². The Labute approximate surface area is 179 Å². The molecule has 3 heterocycles. The van der Waals surface area contributed by atoms with E-state index >= 15 is 0 Å². The zero-order chi connectivity index (χ0) is 22.7. The molecule has 1 aromatic carbocycles. The Morgan fingerprint density at radius 1 is 1.26 bits per heavy atom. The maximum Gasteiger partial charge on any atom is 0.357 e. The predicted octanol–water partition coefficient (Wildman–Crippen LogP) is 2.22. The van der Waals surface area contributed by atoms with Crippen LogP contribution >= 0.6 is 0 Å². The Morgan fingerprint density at radius 3 is 2.61 bits per heavy atom. The van der Waals surface area contributed by atoms with Crippen molar-refractivity contribution in [2.24, 2.45) is 0 Å². The zero-order valence-corrected chi connectivity index (χ0v) is 18.7. The molecule has 166 valence electrons. The summed E-state index contributed by atoms with van der Waals surface area (Å²) < 4.78 is 57.1. The molecule has 1 aromatic heterocycles. The van der Waals surface area contributed by atoms with Crippen molar-refractivity contribution < 1.29 is 26.0 Å². The molecular formula is C19H21N3O7S2. The summed E-state index contributed by atoms with van der Waals surface area (Å²) in [5.41, 5.74) is -0.981. The molecule has 1 amide bonds. The van der Waals surface area contributed by atoms with Crippen LogP contribution in [0, 0.1) is 0 Å². The highest BCUT2D eigenvalue weighted by Gasteiger charge is 2.45. The van der Waals surface area contributed by atoms with E-state index in [0.29, 0.717) is 6.42 Å². The molecule has 2 aliphatic heterocycles. The summed E-state index contributed by atoms with van der Waals surface area (Å²) in [6.07, 6.45) is 3.20. The second kappa shape index (κ2) is 7.09. The van der Waals surface area contributed by atoms with E-state index in [1.54, 1.807) is 7.05 Å². The minimum atomic E-state index is -4.38. The molecule has 0 spiro atoms. The van der Waals surface area contributed by atoms with Crippen LogP contribution in [0.3, 0.4) is 0 Å². The molecule has 2 aliphatic rings. The summed E-state index contributed by atoms with van der Waals surface area (Å²) in [4.78, 5) is 26.2. The fraction of sp³-hybridized carbons (Fsp3) is 0.368. The van der Waals surface area contributed by atoms with Gasteiger partial charge in [-0.2, -0.15) is 0 Å². The molecule has 0 radical (unpaired) electrons. The van der Waals surface area contributed by atoms with Crippen molar-refractivity contribution in [2.75, 3.05) is 23.3 Å². The Morgan fingerprint density at radius 2 is 1.97 bits per heavy atom. The van der Waals surface area contributed by atoms with Crippen LogP contribution in [-0.2, 0) is 19.9 Å². The summed E-state index contributed by atoms with van der Waals surface area (Å²) in [5, 5.41) is 2.89. The quantitative estimate of drug-likeness (QED) is 0.581. The number of hydrogen-bond acceptors (Lipinski definition) is 8. The summed E-state index contributed by atoms with van der Waals surface area (Å²) in [6.45, 7) is 2.00. The van der Waals surface area contributed by atoms with E-state index in [1.165, 1.54) is 17.0 Å². The molecule has 0 saturated heterocycles. The van der Waals surface area contributed by atoms with Gasteiger partial charge in [-0.25, -0.2) is 21.6 Å². The fourth-order valence-corrected chi connectivity index (χ4v) is 6.08. The van der Waals surface area contributed by atoms with Crippen molar-refractivity contribution in [1.29, 1.82) is 0 Å². The zero-order valence-electron chi connectivity index (χ0n) is 17.1. The van der Waals surface area contributed by atoms with E-state index in [0.717, 1.165) is 25.2 Å². The van der Waals surface area contributed by atoms with Gasteiger partial charge in [-0.1, -0.05) is 19.8 Å². The van der Waals surface area contributed by atoms with Gasteiger partial charge in [0.2, 0.25) is 19.9 Å². The van der Waals surface area contributed by atoms with Crippen LogP contribution in [0.5, 0.6) is 0 Å². The molecule has 12 heteroatoms. The van der Waals surface area contributed by atoms with E-state index in [1.807, 2.05) is 6.92 Å². The minimum Gasteiger partial charge on any atom is -0.424 e. The highest BCUT2D eigenvalue weighted by atomic mass is 32.2. The lowest BCUT2D eigenvalue weighted by Crippen LogP contribution is -2.25. The Hall–Kier alpha value is -2.86. The van der Waals surface area contributed by atoms with Crippen molar-refractivity contribution in [1.82, 2.24) is 4.90 Å². The number of unbranched alkanes of at least 4 members (excludes halogenated alkanes) is 1. The largest absolute Gasteiger partial charge is 0.424 e. The summed E-state index contributed by atoms with van der Waals surface area (Å²) in [5.74, 6) is -0.274. The Kier molecular flexibility index (Phi) is 4.89. The summed E-state index contributed by atoms with van der Waals surface area (Å²) in [6, 6.07) is 3.43. The van der Waals surface area contributed by atoms with Gasteiger partial charge in [0, 0.05) is 12.7 Å². The van der Waals surface area contributed by atoms with E-state index < -0.39 is 42.3 Å². The molecule has 2 N–H and O–H groups in total. The number of nitrogens with one attached hydrogen (secondary N) is 2. The summed E-state index contributed by atoms with van der Waals surface area (Å²) in [7, 11) is -6.44. The number of carbonyl (C=O) groups excluding carboxylic acids is 1. The summed E-state index contributed by atoms with van der Waals surface area (Å²) >= 11 is 0. The van der Waals surface area contributed by atoms with Crippen LogP contribution in [0.25, 0.3) is 0 Å². The predicted molar refractivity (Wildman–Crippen MR) is 113 cm³/mol. The third-order valence-electron chi connectivity index (χ3n) is 5.35. The highest BCUT2D eigenvalue weighted by Crippen LogP contribution is 2.46. The van der Waals surface area contributed by atoms with Gasteiger partial charge in [0.25, 0.3) is 5.91 Å². The third-order valence-corrected chi connectivity index (χ3v) is 7.78. The normalized spacial score (nSPS) is 18.7. The number of benzene rings is 1. The second-order valence-electron chi connectivity index (χ2n) is 7.62. The first-order chi connectivity index (χ1) is 14.5. The molecule has 0 saturated carbocycles.